The molecular formula is C11H15F3N4O3. The van der Waals surface area contributed by atoms with Crippen LogP contribution in [0.15, 0.2) is 0 Å². The maximum absolute atomic E-state index is 12.0. The lowest BCUT2D eigenvalue weighted by molar-refractivity contribution is -0.161. The van der Waals surface area contributed by atoms with Gasteiger partial charge in [0, 0.05) is 26.2 Å². The summed E-state index contributed by atoms with van der Waals surface area (Å²) in [7, 11) is 0. The number of amides is 3. The van der Waals surface area contributed by atoms with Crippen molar-refractivity contribution in [1.82, 2.24) is 20.4 Å². The summed E-state index contributed by atoms with van der Waals surface area (Å²) in [6.45, 7) is -0.397. The van der Waals surface area contributed by atoms with Gasteiger partial charge in [-0.25, -0.2) is 0 Å². The number of fused-ring (bicyclic) bond motifs is 1. The van der Waals surface area contributed by atoms with E-state index in [1.54, 1.807) is 5.32 Å². The van der Waals surface area contributed by atoms with Gasteiger partial charge in [0.1, 0.15) is 13.1 Å². The Hall–Kier alpha value is -1.84. The first kappa shape index (κ1) is 15.5. The van der Waals surface area contributed by atoms with Gasteiger partial charge in [-0.15, -0.1) is 0 Å². The highest BCUT2D eigenvalue weighted by atomic mass is 19.4. The van der Waals surface area contributed by atoms with Crippen LogP contribution in [0.4, 0.5) is 13.2 Å². The van der Waals surface area contributed by atoms with Gasteiger partial charge in [0.25, 0.3) is 0 Å². The zero-order valence-corrected chi connectivity index (χ0v) is 11.1. The molecule has 0 spiro atoms. The third kappa shape index (κ3) is 3.84. The summed E-state index contributed by atoms with van der Waals surface area (Å²) >= 11 is 0. The first-order chi connectivity index (χ1) is 9.78. The van der Waals surface area contributed by atoms with E-state index in [0.29, 0.717) is 19.6 Å². The van der Waals surface area contributed by atoms with Crippen LogP contribution >= 0.6 is 0 Å². The maximum Gasteiger partial charge on any atom is 0.405 e. The maximum atomic E-state index is 12.0. The van der Waals surface area contributed by atoms with Gasteiger partial charge in [-0.2, -0.15) is 13.2 Å². The molecule has 0 bridgehead atoms. The number of rotatable bonds is 3. The van der Waals surface area contributed by atoms with Crippen molar-refractivity contribution in [3.05, 3.63) is 0 Å². The molecule has 0 aromatic heterocycles. The Labute approximate surface area is 118 Å². The van der Waals surface area contributed by atoms with E-state index in [4.69, 9.17) is 0 Å². The van der Waals surface area contributed by atoms with E-state index in [2.05, 4.69) is 5.32 Å². The highest BCUT2D eigenvalue weighted by Crippen LogP contribution is 2.14. The predicted molar refractivity (Wildman–Crippen MR) is 64.0 cm³/mol. The van der Waals surface area contributed by atoms with Crippen LogP contribution in [-0.4, -0.2) is 79.0 Å². The normalized spacial score (nSPS) is 23.1. The molecule has 2 aliphatic heterocycles. The SMILES string of the molecule is O=C(CN1CC2CNCCN2C(=O)C1=O)NCC(F)(F)F. The highest BCUT2D eigenvalue weighted by molar-refractivity contribution is 6.35. The van der Waals surface area contributed by atoms with Crippen molar-refractivity contribution in [1.29, 1.82) is 0 Å². The second-order valence-electron chi connectivity index (χ2n) is 4.93. The summed E-state index contributed by atoms with van der Waals surface area (Å²) < 4.78 is 36.0. The van der Waals surface area contributed by atoms with Gasteiger partial charge < -0.3 is 20.4 Å². The van der Waals surface area contributed by atoms with Crippen LogP contribution in [0.2, 0.25) is 0 Å². The zero-order chi connectivity index (χ0) is 15.6. The Balaban J connectivity index is 1.92. The lowest BCUT2D eigenvalue weighted by Crippen LogP contribution is -2.66. The lowest BCUT2D eigenvalue weighted by Gasteiger charge is -2.43. The molecule has 3 amide bonds. The smallest absolute Gasteiger partial charge is 0.345 e. The molecule has 0 saturated carbocycles. The summed E-state index contributed by atoms with van der Waals surface area (Å²) in [5.41, 5.74) is 0. The van der Waals surface area contributed by atoms with Gasteiger partial charge >= 0.3 is 18.0 Å². The average molecular weight is 308 g/mol. The van der Waals surface area contributed by atoms with Crippen molar-refractivity contribution in [2.75, 3.05) is 39.3 Å². The summed E-state index contributed by atoms with van der Waals surface area (Å²) in [6.07, 6.45) is -4.51. The molecular weight excluding hydrogens is 293 g/mol. The number of nitrogens with one attached hydrogen (secondary N) is 2. The average Bonchev–Trinajstić information content (AvgIpc) is 2.41. The molecule has 1 atom stereocenters. The van der Waals surface area contributed by atoms with Crippen LogP contribution in [0.1, 0.15) is 0 Å². The van der Waals surface area contributed by atoms with Gasteiger partial charge in [0.15, 0.2) is 0 Å². The molecule has 21 heavy (non-hydrogen) atoms. The van der Waals surface area contributed by atoms with Crippen LogP contribution in [0, 0.1) is 0 Å². The number of carbonyl (C=O) groups is 3. The van der Waals surface area contributed by atoms with E-state index >= 15 is 0 Å². The standard InChI is InChI=1S/C11H15F3N4O3/c12-11(13,14)6-16-8(19)5-17-4-7-3-15-1-2-18(7)10(21)9(17)20/h7,15H,1-6H2,(H,16,19). The van der Waals surface area contributed by atoms with E-state index in [0.717, 1.165) is 4.90 Å². The second-order valence-corrected chi connectivity index (χ2v) is 4.93. The van der Waals surface area contributed by atoms with Crippen molar-refractivity contribution in [3.63, 3.8) is 0 Å². The molecule has 2 N–H and O–H groups in total. The molecule has 2 fully saturated rings. The fraction of sp³-hybridized carbons (Fsp3) is 0.727. The molecule has 2 heterocycles. The summed E-state index contributed by atoms with van der Waals surface area (Å²) in [4.78, 5) is 37.5. The van der Waals surface area contributed by atoms with Crippen LogP contribution in [0.25, 0.3) is 0 Å². The minimum atomic E-state index is -4.51. The van der Waals surface area contributed by atoms with Gasteiger partial charge in [0.2, 0.25) is 5.91 Å². The van der Waals surface area contributed by atoms with Gasteiger partial charge in [-0.05, 0) is 0 Å². The molecule has 0 radical (unpaired) electrons. The summed E-state index contributed by atoms with van der Waals surface area (Å²) in [6, 6.07) is -0.251. The summed E-state index contributed by atoms with van der Waals surface area (Å²) in [5, 5.41) is 4.74. The third-order valence-corrected chi connectivity index (χ3v) is 3.33. The minimum absolute atomic E-state index is 0.136. The monoisotopic (exact) mass is 308 g/mol. The molecule has 0 aliphatic carbocycles. The number of nitrogens with zero attached hydrogens (tertiary/aromatic N) is 2. The van der Waals surface area contributed by atoms with Crippen molar-refractivity contribution < 1.29 is 27.6 Å². The lowest BCUT2D eigenvalue weighted by atomic mass is 10.1. The van der Waals surface area contributed by atoms with Gasteiger partial charge in [-0.1, -0.05) is 0 Å². The number of hydrogen-bond donors (Lipinski definition) is 2. The second kappa shape index (κ2) is 5.88. The Kier molecular flexibility index (Phi) is 4.35. The Morgan fingerprint density at radius 1 is 1.33 bits per heavy atom. The van der Waals surface area contributed by atoms with Crippen molar-refractivity contribution in [2.45, 2.75) is 12.2 Å². The fourth-order valence-corrected chi connectivity index (χ4v) is 2.35. The first-order valence-corrected chi connectivity index (χ1v) is 6.42. The van der Waals surface area contributed by atoms with Crippen LogP contribution in [0.3, 0.4) is 0 Å². The number of hydrogen-bond acceptors (Lipinski definition) is 4. The van der Waals surface area contributed by atoms with Crippen LogP contribution < -0.4 is 10.6 Å². The molecule has 2 saturated heterocycles. The quantitative estimate of drug-likeness (QED) is 0.610. The van der Waals surface area contributed by atoms with Crippen LogP contribution in [-0.2, 0) is 14.4 Å². The number of carbonyl (C=O) groups excluding carboxylic acids is 3. The minimum Gasteiger partial charge on any atom is -0.345 e. The van der Waals surface area contributed by atoms with E-state index in [9.17, 15) is 27.6 Å². The first-order valence-electron chi connectivity index (χ1n) is 6.42. The summed E-state index contributed by atoms with van der Waals surface area (Å²) in [5.74, 6) is -2.50. The molecule has 2 rings (SSSR count). The molecule has 2 aliphatic rings. The van der Waals surface area contributed by atoms with Gasteiger partial charge in [-0.3, -0.25) is 14.4 Å². The largest absolute Gasteiger partial charge is 0.405 e. The third-order valence-electron chi connectivity index (χ3n) is 3.33. The molecule has 0 aromatic carbocycles. The fourth-order valence-electron chi connectivity index (χ4n) is 2.35. The van der Waals surface area contributed by atoms with E-state index < -0.39 is 37.0 Å². The predicted octanol–water partition coefficient (Wildman–Crippen LogP) is -1.69. The number of halogens is 3. The van der Waals surface area contributed by atoms with Crippen molar-refractivity contribution in [3.8, 4) is 0 Å². The van der Waals surface area contributed by atoms with Crippen molar-refractivity contribution in [2.24, 2.45) is 0 Å². The topological polar surface area (TPSA) is 81.8 Å². The van der Waals surface area contributed by atoms with E-state index in [1.165, 1.54) is 4.90 Å². The molecule has 10 heteroatoms. The molecule has 118 valence electrons. The Morgan fingerprint density at radius 3 is 2.71 bits per heavy atom. The van der Waals surface area contributed by atoms with Gasteiger partial charge in [0.05, 0.1) is 6.04 Å². The number of alkyl halides is 3. The molecule has 7 nitrogen and oxygen atoms in total. The van der Waals surface area contributed by atoms with E-state index in [-0.39, 0.29) is 12.6 Å². The highest BCUT2D eigenvalue weighted by Gasteiger charge is 2.40. The van der Waals surface area contributed by atoms with E-state index in [1.807, 2.05) is 0 Å². The molecule has 0 aromatic rings. The Morgan fingerprint density at radius 2 is 2.05 bits per heavy atom. The molecule has 1 unspecified atom stereocenters. The Bertz CT molecular complexity index is 454. The van der Waals surface area contributed by atoms with Crippen LogP contribution in [0.5, 0.6) is 0 Å². The number of piperazine rings is 2. The van der Waals surface area contributed by atoms with Crippen molar-refractivity contribution >= 4 is 17.7 Å². The zero-order valence-electron chi connectivity index (χ0n) is 11.1.